The fourth-order valence-corrected chi connectivity index (χ4v) is 1.76. The Morgan fingerprint density at radius 2 is 1.86 bits per heavy atom. The van der Waals surface area contributed by atoms with Crippen LogP contribution in [0.5, 0.6) is 5.75 Å². The lowest BCUT2D eigenvalue weighted by molar-refractivity contribution is -0.139. The van der Waals surface area contributed by atoms with Crippen LogP contribution in [0.4, 0.5) is 0 Å². The van der Waals surface area contributed by atoms with Crippen LogP contribution in [0.15, 0.2) is 24.3 Å². The van der Waals surface area contributed by atoms with E-state index in [2.05, 4.69) is 5.32 Å². The minimum absolute atomic E-state index is 0.0736. The summed E-state index contributed by atoms with van der Waals surface area (Å²) in [6, 6.07) is 6.80. The number of amides is 1. The lowest BCUT2D eigenvalue weighted by Gasteiger charge is -2.17. The first-order valence-electron chi connectivity index (χ1n) is 6.68. The summed E-state index contributed by atoms with van der Waals surface area (Å²) >= 11 is 0. The molecule has 0 saturated heterocycles. The van der Waals surface area contributed by atoms with Crippen molar-refractivity contribution in [2.24, 2.45) is 5.92 Å². The zero-order chi connectivity index (χ0) is 15.8. The predicted octanol–water partition coefficient (Wildman–Crippen LogP) is 1.61. The van der Waals surface area contributed by atoms with E-state index in [1.807, 2.05) is 6.92 Å². The van der Waals surface area contributed by atoms with Crippen molar-refractivity contribution in [2.75, 3.05) is 20.3 Å². The van der Waals surface area contributed by atoms with Crippen molar-refractivity contribution in [3.63, 3.8) is 0 Å². The average molecular weight is 295 g/mol. The summed E-state index contributed by atoms with van der Waals surface area (Å²) in [5, 5.41) is 11.4. The molecule has 0 aliphatic rings. The van der Waals surface area contributed by atoms with Gasteiger partial charge < -0.3 is 19.9 Å². The van der Waals surface area contributed by atoms with Crippen molar-refractivity contribution in [2.45, 2.75) is 19.9 Å². The van der Waals surface area contributed by atoms with Gasteiger partial charge in [0.25, 0.3) is 0 Å². The number of methoxy groups -OCH3 is 1. The highest BCUT2D eigenvalue weighted by Gasteiger charge is 2.15. The molecule has 1 aromatic rings. The third-order valence-corrected chi connectivity index (χ3v) is 2.97. The van der Waals surface area contributed by atoms with Crippen LogP contribution >= 0.6 is 0 Å². The predicted molar refractivity (Wildman–Crippen MR) is 77.2 cm³/mol. The van der Waals surface area contributed by atoms with Gasteiger partial charge in [-0.3, -0.25) is 4.79 Å². The van der Waals surface area contributed by atoms with Gasteiger partial charge in [-0.15, -0.1) is 0 Å². The van der Waals surface area contributed by atoms with Gasteiger partial charge in [0.15, 0.2) is 6.61 Å². The Balaban J connectivity index is 2.56. The first-order valence-corrected chi connectivity index (χ1v) is 6.68. The fraction of sp³-hybridized carbons (Fsp3) is 0.467. The highest BCUT2D eigenvalue weighted by Crippen LogP contribution is 2.18. The molecule has 2 unspecified atom stereocenters. The Kier molecular flexibility index (Phi) is 6.68. The van der Waals surface area contributed by atoms with Crippen molar-refractivity contribution in [3.05, 3.63) is 29.8 Å². The van der Waals surface area contributed by atoms with Gasteiger partial charge >= 0.3 is 5.97 Å². The molecule has 2 N–H and O–H groups in total. The van der Waals surface area contributed by atoms with Crippen LogP contribution in [-0.2, 0) is 14.3 Å². The molecule has 0 radical (unpaired) electrons. The molecule has 0 heterocycles. The van der Waals surface area contributed by atoms with E-state index in [0.29, 0.717) is 12.4 Å². The summed E-state index contributed by atoms with van der Waals surface area (Å²) in [5.41, 5.74) is 0.913. The van der Waals surface area contributed by atoms with Gasteiger partial charge in [0.1, 0.15) is 5.75 Å². The van der Waals surface area contributed by atoms with Crippen molar-refractivity contribution in [1.82, 2.24) is 5.32 Å². The molecule has 0 aliphatic heterocycles. The van der Waals surface area contributed by atoms with E-state index >= 15 is 0 Å². The molecule has 0 aliphatic carbocycles. The van der Waals surface area contributed by atoms with Gasteiger partial charge in [0.2, 0.25) is 5.91 Å². The molecule has 6 nitrogen and oxygen atoms in total. The van der Waals surface area contributed by atoms with Crippen LogP contribution < -0.4 is 10.1 Å². The molecule has 116 valence electrons. The number of hydrogen-bond donors (Lipinski definition) is 2. The Morgan fingerprint density at radius 1 is 1.24 bits per heavy atom. The minimum Gasteiger partial charge on any atom is -0.482 e. The normalized spacial score (nSPS) is 13.3. The Morgan fingerprint density at radius 3 is 2.38 bits per heavy atom. The number of hydrogen-bond acceptors (Lipinski definition) is 4. The monoisotopic (exact) mass is 295 g/mol. The zero-order valence-corrected chi connectivity index (χ0v) is 12.5. The summed E-state index contributed by atoms with van der Waals surface area (Å²) in [6.45, 7) is 3.68. The van der Waals surface area contributed by atoms with Crippen molar-refractivity contribution in [3.8, 4) is 5.75 Å². The Labute approximate surface area is 124 Å². The lowest BCUT2D eigenvalue weighted by atomic mass is 10.1. The number of rotatable bonds is 8. The number of carboxylic acid groups (broad SMARTS) is 1. The lowest BCUT2D eigenvalue weighted by Crippen LogP contribution is -2.33. The summed E-state index contributed by atoms with van der Waals surface area (Å²) in [4.78, 5) is 22.3. The third kappa shape index (κ3) is 5.83. The molecule has 21 heavy (non-hydrogen) atoms. The maximum Gasteiger partial charge on any atom is 0.341 e. The molecule has 1 aromatic carbocycles. The van der Waals surface area contributed by atoms with Crippen LogP contribution in [0.25, 0.3) is 0 Å². The van der Waals surface area contributed by atoms with Gasteiger partial charge in [-0.1, -0.05) is 19.1 Å². The van der Waals surface area contributed by atoms with Crippen molar-refractivity contribution in [1.29, 1.82) is 0 Å². The van der Waals surface area contributed by atoms with Gasteiger partial charge in [0.05, 0.1) is 18.6 Å². The quantitative estimate of drug-likeness (QED) is 0.761. The standard InChI is InChI=1S/C15H21NO5/c1-10(8-20-3)15(19)16-11(2)12-4-6-13(7-5-12)21-9-14(17)18/h4-7,10-11H,8-9H2,1-3H3,(H,16,19)(H,17,18). The summed E-state index contributed by atoms with van der Waals surface area (Å²) in [6.07, 6.45) is 0. The maximum absolute atomic E-state index is 11.9. The van der Waals surface area contributed by atoms with E-state index < -0.39 is 5.97 Å². The summed E-state index contributed by atoms with van der Waals surface area (Å²) < 4.78 is 10.00. The number of carboxylic acids is 1. The molecule has 0 saturated carbocycles. The largest absolute Gasteiger partial charge is 0.482 e. The number of benzene rings is 1. The molecule has 0 aromatic heterocycles. The first-order chi connectivity index (χ1) is 9.93. The first kappa shape index (κ1) is 17.0. The van der Waals surface area contributed by atoms with Crippen LogP contribution in [0.2, 0.25) is 0 Å². The zero-order valence-electron chi connectivity index (χ0n) is 12.5. The molecule has 1 amide bonds. The molecule has 0 bridgehead atoms. The van der Waals surface area contributed by atoms with Crippen molar-refractivity contribution >= 4 is 11.9 Å². The average Bonchev–Trinajstić information content (AvgIpc) is 2.45. The van der Waals surface area contributed by atoms with Gasteiger partial charge in [-0.05, 0) is 24.6 Å². The number of ether oxygens (including phenoxy) is 2. The molecule has 1 rings (SSSR count). The summed E-state index contributed by atoms with van der Waals surface area (Å²) in [7, 11) is 1.56. The maximum atomic E-state index is 11.9. The summed E-state index contributed by atoms with van der Waals surface area (Å²) in [5.74, 6) is -0.828. The smallest absolute Gasteiger partial charge is 0.341 e. The third-order valence-electron chi connectivity index (χ3n) is 2.97. The van der Waals surface area contributed by atoms with E-state index in [1.54, 1.807) is 38.3 Å². The topological polar surface area (TPSA) is 84.9 Å². The van der Waals surface area contributed by atoms with Crippen molar-refractivity contribution < 1.29 is 24.2 Å². The number of carbonyl (C=O) groups is 2. The van der Waals surface area contributed by atoms with Crippen LogP contribution in [-0.4, -0.2) is 37.3 Å². The van der Waals surface area contributed by atoms with Crippen LogP contribution in [0, 0.1) is 5.92 Å². The molecule has 2 atom stereocenters. The Bertz CT molecular complexity index is 471. The molecule has 0 fully saturated rings. The van der Waals surface area contributed by atoms with E-state index in [0.717, 1.165) is 5.56 Å². The van der Waals surface area contributed by atoms with Gasteiger partial charge in [-0.25, -0.2) is 4.79 Å². The molecular formula is C15H21NO5. The number of nitrogens with one attached hydrogen (secondary N) is 1. The second-order valence-corrected chi connectivity index (χ2v) is 4.84. The Hall–Kier alpha value is -2.08. The van der Waals surface area contributed by atoms with Crippen LogP contribution in [0.1, 0.15) is 25.5 Å². The van der Waals surface area contributed by atoms with E-state index in [1.165, 1.54) is 0 Å². The van der Waals surface area contributed by atoms with E-state index in [-0.39, 0.29) is 24.5 Å². The molecule has 0 spiro atoms. The van der Waals surface area contributed by atoms with Gasteiger partial charge in [-0.2, -0.15) is 0 Å². The minimum atomic E-state index is -1.02. The van der Waals surface area contributed by atoms with E-state index in [9.17, 15) is 9.59 Å². The fourth-order valence-electron chi connectivity index (χ4n) is 1.76. The van der Waals surface area contributed by atoms with Gasteiger partial charge in [0, 0.05) is 7.11 Å². The van der Waals surface area contributed by atoms with Crippen LogP contribution in [0.3, 0.4) is 0 Å². The molecule has 6 heteroatoms. The number of aliphatic carboxylic acids is 1. The SMILES string of the molecule is COCC(C)C(=O)NC(C)c1ccc(OCC(=O)O)cc1. The number of carbonyl (C=O) groups excluding carboxylic acids is 1. The molecular weight excluding hydrogens is 274 g/mol. The highest BCUT2D eigenvalue weighted by atomic mass is 16.5. The second-order valence-electron chi connectivity index (χ2n) is 4.84. The second kappa shape index (κ2) is 8.26. The highest BCUT2D eigenvalue weighted by molar-refractivity contribution is 5.78. The van der Waals surface area contributed by atoms with E-state index in [4.69, 9.17) is 14.6 Å².